The number of carboxylic acids is 1. The highest BCUT2D eigenvalue weighted by Gasteiger charge is 2.35. The van der Waals surface area contributed by atoms with E-state index in [9.17, 15) is 9.59 Å². The summed E-state index contributed by atoms with van der Waals surface area (Å²) in [6.07, 6.45) is 0.941. The number of hydrogen-bond donors (Lipinski definition) is 1. The lowest BCUT2D eigenvalue weighted by atomic mass is 9.82. The van der Waals surface area contributed by atoms with Gasteiger partial charge in [-0.25, -0.2) is 0 Å². The Morgan fingerprint density at radius 1 is 1.12 bits per heavy atom. The number of rotatable bonds is 8. The summed E-state index contributed by atoms with van der Waals surface area (Å²) in [5.74, 6) is -0.0865. The van der Waals surface area contributed by atoms with Crippen LogP contribution < -0.4 is 14.9 Å². The fourth-order valence-electron chi connectivity index (χ4n) is 3.55. The molecule has 7 nitrogen and oxygen atoms in total. The molecule has 0 bridgehead atoms. The minimum absolute atomic E-state index is 0.0711. The highest BCUT2D eigenvalue weighted by Crippen LogP contribution is 2.39. The van der Waals surface area contributed by atoms with E-state index in [-0.39, 0.29) is 42.0 Å². The number of aliphatic carboxylic acids is 1. The summed E-state index contributed by atoms with van der Waals surface area (Å²) in [6.45, 7) is 0.503. The van der Waals surface area contributed by atoms with E-state index in [0.717, 1.165) is 0 Å². The second-order valence-electron chi connectivity index (χ2n) is 7.42. The maximum absolute atomic E-state index is 12.6. The smallest absolute Gasteiger partial charge is 0.306 e. The van der Waals surface area contributed by atoms with Crippen molar-refractivity contribution in [2.24, 2.45) is 5.92 Å². The van der Waals surface area contributed by atoms with E-state index in [1.807, 2.05) is 0 Å². The SMILES string of the molecule is COc1cc(Cl)c(OCCO[C@H]2C[C@@H](C(=O)O)C2)cc1-c1cc(=O)c2cccc(Cl)c2o1. The highest BCUT2D eigenvalue weighted by molar-refractivity contribution is 6.34. The van der Waals surface area contributed by atoms with Crippen molar-refractivity contribution in [2.45, 2.75) is 18.9 Å². The quantitative estimate of drug-likeness (QED) is 0.453. The van der Waals surface area contributed by atoms with Crippen molar-refractivity contribution in [1.29, 1.82) is 0 Å². The van der Waals surface area contributed by atoms with Crippen LogP contribution in [0.4, 0.5) is 0 Å². The third-order valence-electron chi connectivity index (χ3n) is 5.36. The van der Waals surface area contributed by atoms with Gasteiger partial charge in [-0.15, -0.1) is 0 Å². The van der Waals surface area contributed by atoms with Gasteiger partial charge in [0.15, 0.2) is 11.0 Å². The van der Waals surface area contributed by atoms with Gasteiger partial charge >= 0.3 is 5.97 Å². The van der Waals surface area contributed by atoms with Crippen LogP contribution in [0.3, 0.4) is 0 Å². The molecule has 0 aliphatic heterocycles. The number of ether oxygens (including phenoxy) is 3. The summed E-state index contributed by atoms with van der Waals surface area (Å²) in [6, 6.07) is 9.55. The van der Waals surface area contributed by atoms with Crippen LogP contribution in [-0.4, -0.2) is 37.5 Å². The predicted octanol–water partition coefficient (Wildman–Crippen LogP) is 5.03. The van der Waals surface area contributed by atoms with E-state index in [1.54, 1.807) is 30.3 Å². The van der Waals surface area contributed by atoms with E-state index >= 15 is 0 Å². The Kier molecular flexibility index (Phi) is 6.60. The fourth-order valence-corrected chi connectivity index (χ4v) is 3.97. The molecule has 0 unspecified atom stereocenters. The molecule has 0 saturated heterocycles. The summed E-state index contributed by atoms with van der Waals surface area (Å²) < 4.78 is 22.7. The molecule has 0 atom stereocenters. The van der Waals surface area contributed by atoms with Gasteiger partial charge in [0.05, 0.1) is 46.7 Å². The number of benzene rings is 2. The standard InChI is InChI=1S/C23H20Cl2O7/c1-29-19-10-17(25)21(31-6-5-30-13-7-12(8-13)23(27)28)9-15(19)20-11-18(26)14-3-2-4-16(24)22(14)32-20/h2-4,9-13H,5-8H2,1H3,(H,27,28)/t12-,13+. The third kappa shape index (κ3) is 4.55. The lowest BCUT2D eigenvalue weighted by Crippen LogP contribution is -2.37. The van der Waals surface area contributed by atoms with Crippen LogP contribution in [0.2, 0.25) is 10.0 Å². The molecule has 0 amide bonds. The molecule has 168 valence electrons. The van der Waals surface area contributed by atoms with E-state index in [1.165, 1.54) is 13.2 Å². The van der Waals surface area contributed by atoms with Crippen molar-refractivity contribution in [1.82, 2.24) is 0 Å². The Morgan fingerprint density at radius 2 is 1.91 bits per heavy atom. The molecule has 1 saturated carbocycles. The van der Waals surface area contributed by atoms with Crippen molar-refractivity contribution in [3.63, 3.8) is 0 Å². The van der Waals surface area contributed by atoms with E-state index in [4.69, 9.17) is 46.9 Å². The van der Waals surface area contributed by atoms with Gasteiger partial charge in [-0.05, 0) is 31.0 Å². The van der Waals surface area contributed by atoms with Gasteiger partial charge < -0.3 is 23.7 Å². The van der Waals surface area contributed by atoms with Crippen molar-refractivity contribution >= 4 is 40.1 Å². The molecule has 9 heteroatoms. The Balaban J connectivity index is 1.53. The van der Waals surface area contributed by atoms with E-state index in [0.29, 0.717) is 45.3 Å². The number of carbonyl (C=O) groups is 1. The van der Waals surface area contributed by atoms with Crippen LogP contribution >= 0.6 is 23.2 Å². The van der Waals surface area contributed by atoms with Crippen molar-refractivity contribution in [3.8, 4) is 22.8 Å². The molecular weight excluding hydrogens is 459 g/mol. The lowest BCUT2D eigenvalue weighted by Gasteiger charge is -2.32. The van der Waals surface area contributed by atoms with Crippen molar-refractivity contribution in [3.05, 3.63) is 56.7 Å². The van der Waals surface area contributed by atoms with Crippen LogP contribution in [0.15, 0.2) is 45.6 Å². The molecule has 1 fully saturated rings. The Labute approximate surface area is 193 Å². The molecule has 0 radical (unpaired) electrons. The maximum Gasteiger partial charge on any atom is 0.306 e. The van der Waals surface area contributed by atoms with Crippen molar-refractivity contribution in [2.75, 3.05) is 20.3 Å². The third-order valence-corrected chi connectivity index (χ3v) is 5.96. The average Bonchev–Trinajstić information content (AvgIpc) is 2.73. The predicted molar refractivity (Wildman–Crippen MR) is 120 cm³/mol. The number of fused-ring (bicyclic) bond motifs is 1. The second kappa shape index (κ2) is 9.40. The molecule has 0 spiro atoms. The number of methoxy groups -OCH3 is 1. The summed E-state index contributed by atoms with van der Waals surface area (Å²) in [7, 11) is 1.48. The van der Waals surface area contributed by atoms with E-state index < -0.39 is 5.97 Å². The van der Waals surface area contributed by atoms with Crippen LogP contribution in [0.25, 0.3) is 22.3 Å². The van der Waals surface area contributed by atoms with Crippen LogP contribution in [0, 0.1) is 5.92 Å². The monoisotopic (exact) mass is 478 g/mol. The van der Waals surface area contributed by atoms with Gasteiger partial charge in [0.2, 0.25) is 0 Å². The Hall–Kier alpha value is -2.74. The largest absolute Gasteiger partial charge is 0.496 e. The van der Waals surface area contributed by atoms with Gasteiger partial charge in [0.25, 0.3) is 0 Å². The molecule has 4 rings (SSSR count). The summed E-state index contributed by atoms with van der Waals surface area (Å²) >= 11 is 12.5. The Morgan fingerprint density at radius 3 is 2.62 bits per heavy atom. The minimum atomic E-state index is -0.791. The number of halogens is 2. The maximum atomic E-state index is 12.6. The van der Waals surface area contributed by atoms with E-state index in [2.05, 4.69) is 0 Å². The van der Waals surface area contributed by atoms with Crippen LogP contribution in [-0.2, 0) is 9.53 Å². The zero-order valence-electron chi connectivity index (χ0n) is 17.1. The topological polar surface area (TPSA) is 95.2 Å². The number of carboxylic acid groups (broad SMARTS) is 1. The van der Waals surface area contributed by atoms with Crippen LogP contribution in [0.5, 0.6) is 11.5 Å². The zero-order valence-corrected chi connectivity index (χ0v) is 18.6. The lowest BCUT2D eigenvalue weighted by molar-refractivity contribution is -0.151. The Bertz CT molecular complexity index is 1210. The molecule has 1 heterocycles. The molecule has 1 N–H and O–H groups in total. The first-order valence-corrected chi connectivity index (χ1v) is 10.7. The van der Waals surface area contributed by atoms with Crippen LogP contribution in [0.1, 0.15) is 12.8 Å². The molecule has 1 aromatic heterocycles. The summed E-state index contributed by atoms with van der Waals surface area (Å²) in [5, 5.41) is 9.94. The molecule has 1 aliphatic rings. The highest BCUT2D eigenvalue weighted by atomic mass is 35.5. The molecule has 1 aliphatic carbocycles. The van der Waals surface area contributed by atoms with Gasteiger partial charge in [-0.2, -0.15) is 0 Å². The normalized spacial score (nSPS) is 17.7. The second-order valence-corrected chi connectivity index (χ2v) is 8.24. The first-order valence-electron chi connectivity index (χ1n) is 9.95. The van der Waals surface area contributed by atoms with Gasteiger partial charge in [0, 0.05) is 12.1 Å². The number of para-hydroxylation sites is 1. The van der Waals surface area contributed by atoms with Crippen molar-refractivity contribution < 1.29 is 28.5 Å². The minimum Gasteiger partial charge on any atom is -0.496 e. The van der Waals surface area contributed by atoms with Gasteiger partial charge in [-0.3, -0.25) is 9.59 Å². The number of hydrogen-bond acceptors (Lipinski definition) is 6. The summed E-state index contributed by atoms with van der Waals surface area (Å²) in [5.41, 5.74) is 0.525. The first kappa shape index (κ1) is 22.5. The molecule has 32 heavy (non-hydrogen) atoms. The molecule has 2 aromatic carbocycles. The van der Waals surface area contributed by atoms with Gasteiger partial charge in [-0.1, -0.05) is 29.3 Å². The molecule has 3 aromatic rings. The summed E-state index contributed by atoms with van der Waals surface area (Å²) in [4.78, 5) is 23.4. The van der Waals surface area contributed by atoms with Gasteiger partial charge in [0.1, 0.15) is 23.9 Å². The average molecular weight is 479 g/mol. The zero-order chi connectivity index (χ0) is 22.8. The molecular formula is C23H20Cl2O7. The fraction of sp³-hybridized carbons (Fsp3) is 0.304. The first-order chi connectivity index (χ1) is 15.4.